The summed E-state index contributed by atoms with van der Waals surface area (Å²) in [6.07, 6.45) is 5.17. The Hall–Kier alpha value is -1.40. The van der Waals surface area contributed by atoms with Gasteiger partial charge in [0.1, 0.15) is 6.10 Å². The lowest BCUT2D eigenvalue weighted by atomic mass is 10.1. The molecule has 3 rings (SSSR count). The monoisotopic (exact) mass is 349 g/mol. The molecule has 1 amide bonds. The molecule has 25 heavy (non-hydrogen) atoms. The number of amides is 1. The largest absolute Gasteiger partial charge is 0.376 e. The highest BCUT2D eigenvalue weighted by molar-refractivity contribution is 5.81. The van der Waals surface area contributed by atoms with E-state index in [1.165, 1.54) is 6.42 Å². The summed E-state index contributed by atoms with van der Waals surface area (Å²) in [6.45, 7) is 8.85. The lowest BCUT2D eigenvalue weighted by Gasteiger charge is -2.29. The van der Waals surface area contributed by atoms with E-state index in [9.17, 15) is 4.79 Å². The molecule has 2 saturated heterocycles. The summed E-state index contributed by atoms with van der Waals surface area (Å²) >= 11 is 0. The minimum atomic E-state index is -0.411. The molecule has 2 aliphatic heterocycles. The molecule has 3 heterocycles. The maximum absolute atomic E-state index is 12.8. The molecule has 0 bridgehead atoms. The highest BCUT2D eigenvalue weighted by Crippen LogP contribution is 2.22. The molecule has 1 aromatic heterocycles. The summed E-state index contributed by atoms with van der Waals surface area (Å²) in [6, 6.07) is 2.29. The minimum Gasteiger partial charge on any atom is -0.376 e. The molecule has 0 aromatic carbocycles. The molecule has 2 aliphatic rings. The number of aromatic nitrogens is 2. The van der Waals surface area contributed by atoms with Gasteiger partial charge in [0.25, 0.3) is 5.91 Å². The Morgan fingerprint density at radius 2 is 2.20 bits per heavy atom. The standard InChI is InChI=1S/C19H31N3O3/c1-14-11-15(2)22(20-14)12-17-7-6-9-21(17)19(23)16(3)25-13-18-8-4-5-10-24-18/h11,16-18H,4-10,12-13H2,1-3H3/t16-,17-,18+/m0/s1. The summed E-state index contributed by atoms with van der Waals surface area (Å²) in [5, 5.41) is 4.54. The number of carbonyl (C=O) groups is 1. The molecule has 0 aliphatic carbocycles. The average Bonchev–Trinajstić information content (AvgIpc) is 3.19. The van der Waals surface area contributed by atoms with Gasteiger partial charge in [0.05, 0.1) is 31.0 Å². The van der Waals surface area contributed by atoms with Gasteiger partial charge in [0, 0.05) is 18.8 Å². The van der Waals surface area contributed by atoms with Crippen LogP contribution in [-0.2, 0) is 20.8 Å². The summed E-state index contributed by atoms with van der Waals surface area (Å²) in [5.41, 5.74) is 2.17. The van der Waals surface area contributed by atoms with Crippen LogP contribution in [0.15, 0.2) is 6.07 Å². The average molecular weight is 349 g/mol. The maximum atomic E-state index is 12.8. The van der Waals surface area contributed by atoms with E-state index in [2.05, 4.69) is 18.1 Å². The van der Waals surface area contributed by atoms with Crippen LogP contribution in [-0.4, -0.2) is 58.6 Å². The Kier molecular flexibility index (Phi) is 6.12. The van der Waals surface area contributed by atoms with Gasteiger partial charge >= 0.3 is 0 Å². The number of hydrogen-bond acceptors (Lipinski definition) is 4. The smallest absolute Gasteiger partial charge is 0.251 e. The van der Waals surface area contributed by atoms with Crippen LogP contribution in [0.3, 0.4) is 0 Å². The van der Waals surface area contributed by atoms with E-state index in [1.807, 2.05) is 23.4 Å². The Balaban J connectivity index is 1.53. The van der Waals surface area contributed by atoms with Crippen molar-refractivity contribution in [2.75, 3.05) is 19.8 Å². The fraction of sp³-hybridized carbons (Fsp3) is 0.789. The summed E-state index contributed by atoms with van der Waals surface area (Å²) in [4.78, 5) is 14.8. The van der Waals surface area contributed by atoms with Gasteiger partial charge in [-0.1, -0.05) is 0 Å². The van der Waals surface area contributed by atoms with Gasteiger partial charge < -0.3 is 14.4 Å². The highest BCUT2D eigenvalue weighted by Gasteiger charge is 2.32. The molecule has 0 saturated carbocycles. The summed E-state index contributed by atoms with van der Waals surface area (Å²) in [7, 11) is 0. The first kappa shape index (κ1) is 18.4. The first-order chi connectivity index (χ1) is 12.0. The number of ether oxygens (including phenoxy) is 2. The van der Waals surface area contributed by atoms with Crippen molar-refractivity contribution >= 4 is 5.91 Å². The molecular formula is C19H31N3O3. The molecular weight excluding hydrogens is 318 g/mol. The zero-order chi connectivity index (χ0) is 17.8. The zero-order valence-electron chi connectivity index (χ0n) is 15.7. The van der Waals surface area contributed by atoms with Crippen molar-refractivity contribution in [2.24, 2.45) is 0 Å². The van der Waals surface area contributed by atoms with Gasteiger partial charge in [-0.3, -0.25) is 9.48 Å². The number of aryl methyl sites for hydroxylation is 2. The number of hydrogen-bond donors (Lipinski definition) is 0. The van der Waals surface area contributed by atoms with E-state index in [-0.39, 0.29) is 18.1 Å². The van der Waals surface area contributed by atoms with E-state index in [0.29, 0.717) is 6.61 Å². The van der Waals surface area contributed by atoms with Crippen molar-refractivity contribution < 1.29 is 14.3 Å². The second-order valence-electron chi connectivity index (χ2n) is 7.40. The highest BCUT2D eigenvalue weighted by atomic mass is 16.5. The van der Waals surface area contributed by atoms with Crippen molar-refractivity contribution in [3.63, 3.8) is 0 Å². The Morgan fingerprint density at radius 3 is 2.88 bits per heavy atom. The van der Waals surface area contributed by atoms with Crippen LogP contribution < -0.4 is 0 Å². The van der Waals surface area contributed by atoms with Crippen molar-refractivity contribution in [3.8, 4) is 0 Å². The van der Waals surface area contributed by atoms with E-state index in [0.717, 1.165) is 56.8 Å². The number of rotatable bonds is 6. The van der Waals surface area contributed by atoms with E-state index in [1.54, 1.807) is 0 Å². The first-order valence-electron chi connectivity index (χ1n) is 9.59. The Morgan fingerprint density at radius 1 is 1.36 bits per heavy atom. The quantitative estimate of drug-likeness (QED) is 0.792. The molecule has 2 fully saturated rings. The third kappa shape index (κ3) is 4.61. The summed E-state index contributed by atoms with van der Waals surface area (Å²) in [5.74, 6) is 0.0971. The molecule has 6 nitrogen and oxygen atoms in total. The predicted octanol–water partition coefficient (Wildman–Crippen LogP) is 2.47. The molecule has 0 unspecified atom stereocenters. The maximum Gasteiger partial charge on any atom is 0.251 e. The molecule has 0 spiro atoms. The minimum absolute atomic E-state index is 0.0971. The van der Waals surface area contributed by atoms with E-state index >= 15 is 0 Å². The number of nitrogens with zero attached hydrogens (tertiary/aromatic N) is 3. The predicted molar refractivity (Wildman–Crippen MR) is 95.4 cm³/mol. The lowest BCUT2D eigenvalue weighted by molar-refractivity contribution is -0.147. The molecule has 6 heteroatoms. The second kappa shape index (κ2) is 8.32. The van der Waals surface area contributed by atoms with Gasteiger partial charge in [-0.25, -0.2) is 0 Å². The normalized spacial score (nSPS) is 25.3. The van der Waals surface area contributed by atoms with Crippen molar-refractivity contribution in [1.82, 2.24) is 14.7 Å². The van der Waals surface area contributed by atoms with Crippen molar-refractivity contribution in [3.05, 3.63) is 17.5 Å². The molecule has 0 radical (unpaired) electrons. The molecule has 0 N–H and O–H groups in total. The van der Waals surface area contributed by atoms with E-state index in [4.69, 9.17) is 9.47 Å². The third-order valence-electron chi connectivity index (χ3n) is 5.30. The van der Waals surface area contributed by atoms with Crippen LogP contribution in [0.5, 0.6) is 0 Å². The molecule has 140 valence electrons. The van der Waals surface area contributed by atoms with E-state index < -0.39 is 6.10 Å². The Labute approximate surface area is 150 Å². The fourth-order valence-electron chi connectivity index (χ4n) is 3.87. The summed E-state index contributed by atoms with van der Waals surface area (Å²) < 4.78 is 13.6. The van der Waals surface area contributed by atoms with Crippen LogP contribution in [0.2, 0.25) is 0 Å². The second-order valence-corrected chi connectivity index (χ2v) is 7.40. The fourth-order valence-corrected chi connectivity index (χ4v) is 3.87. The lowest BCUT2D eigenvalue weighted by Crippen LogP contribution is -2.44. The van der Waals surface area contributed by atoms with Crippen LogP contribution in [0, 0.1) is 13.8 Å². The first-order valence-corrected chi connectivity index (χ1v) is 9.59. The van der Waals surface area contributed by atoms with Crippen LogP contribution in [0.4, 0.5) is 0 Å². The topological polar surface area (TPSA) is 56.6 Å². The van der Waals surface area contributed by atoms with Crippen molar-refractivity contribution in [2.45, 2.75) is 77.7 Å². The van der Waals surface area contributed by atoms with Gasteiger partial charge in [-0.2, -0.15) is 5.10 Å². The third-order valence-corrected chi connectivity index (χ3v) is 5.30. The van der Waals surface area contributed by atoms with Crippen LogP contribution in [0.1, 0.15) is 50.4 Å². The van der Waals surface area contributed by atoms with Crippen molar-refractivity contribution in [1.29, 1.82) is 0 Å². The van der Waals surface area contributed by atoms with Crippen LogP contribution in [0.25, 0.3) is 0 Å². The van der Waals surface area contributed by atoms with Gasteiger partial charge in [0.15, 0.2) is 0 Å². The van der Waals surface area contributed by atoms with Crippen LogP contribution >= 0.6 is 0 Å². The zero-order valence-corrected chi connectivity index (χ0v) is 15.7. The Bertz CT molecular complexity index is 580. The molecule has 1 aromatic rings. The van der Waals surface area contributed by atoms with Gasteiger partial charge in [-0.05, 0) is 58.9 Å². The number of likely N-dealkylation sites (tertiary alicyclic amines) is 1. The number of carbonyl (C=O) groups excluding carboxylic acids is 1. The van der Waals surface area contributed by atoms with Gasteiger partial charge in [0.2, 0.25) is 0 Å². The van der Waals surface area contributed by atoms with Gasteiger partial charge in [-0.15, -0.1) is 0 Å². The molecule has 3 atom stereocenters. The SMILES string of the molecule is Cc1cc(C)n(C[C@@H]2CCCN2C(=O)[C@H](C)OC[C@H]2CCCCO2)n1.